The van der Waals surface area contributed by atoms with Gasteiger partial charge >= 0.3 is 12.2 Å². The highest BCUT2D eigenvalue weighted by Crippen LogP contribution is 2.32. The van der Waals surface area contributed by atoms with Gasteiger partial charge in [0, 0.05) is 25.8 Å². The Balaban J connectivity index is 0.000000638. The third-order valence-electron chi connectivity index (χ3n) is 7.19. The number of aromatic nitrogens is 5. The van der Waals surface area contributed by atoms with E-state index in [9.17, 15) is 14.4 Å². The van der Waals surface area contributed by atoms with Crippen molar-refractivity contribution in [1.29, 1.82) is 0 Å². The second kappa shape index (κ2) is 12.7. The number of nitrogens with zero attached hydrogens (tertiary/aromatic N) is 6. The molecule has 3 aromatic rings. The lowest BCUT2D eigenvalue weighted by atomic mass is 9.95. The Morgan fingerprint density at radius 3 is 2.21 bits per heavy atom. The summed E-state index contributed by atoms with van der Waals surface area (Å²) < 4.78 is 17.3. The molecule has 1 atom stereocenters. The first-order chi connectivity index (χ1) is 22.2. The average molecular weight is 643 g/mol. The van der Waals surface area contributed by atoms with E-state index in [2.05, 4.69) is 61.1 Å². The number of pyridine rings is 1. The van der Waals surface area contributed by atoms with Gasteiger partial charge in [-0.05, 0) is 82.2 Å². The normalized spacial score (nSPS) is 14.9. The Kier molecular flexibility index (Phi) is 8.93. The molecule has 3 aromatic heterocycles. The second-order valence-electron chi connectivity index (χ2n) is 13.1. The van der Waals surface area contributed by atoms with Gasteiger partial charge in [-0.1, -0.05) is 24.3 Å². The number of imidazole rings is 1. The van der Waals surface area contributed by atoms with Crippen LogP contribution in [0.15, 0.2) is 35.1 Å². The fraction of sp³-hybridized carbons (Fsp3) is 0.424. The van der Waals surface area contributed by atoms with Gasteiger partial charge in [0.25, 0.3) is 5.91 Å². The molecule has 246 valence electrons. The molecule has 14 nitrogen and oxygen atoms in total. The number of nitrogens with one attached hydrogen (secondary N) is 2. The van der Waals surface area contributed by atoms with E-state index in [1.165, 1.54) is 17.3 Å². The summed E-state index contributed by atoms with van der Waals surface area (Å²) in [5.41, 5.74) is 2.87. The van der Waals surface area contributed by atoms with Gasteiger partial charge in [0.2, 0.25) is 5.82 Å². The average Bonchev–Trinajstić information content (AvgIpc) is 3.70. The monoisotopic (exact) mass is 642 g/mol. The lowest BCUT2D eigenvalue weighted by molar-refractivity contribution is 0.0501. The number of fused-ring (bicyclic) bond motifs is 2. The molecule has 6 rings (SSSR count). The van der Waals surface area contributed by atoms with E-state index in [0.717, 1.165) is 0 Å². The van der Waals surface area contributed by atoms with Crippen LogP contribution in [0.4, 0.5) is 15.4 Å². The third kappa shape index (κ3) is 7.35. The summed E-state index contributed by atoms with van der Waals surface area (Å²) in [6.45, 7) is 13.5. The molecular weight excluding hydrogens is 604 g/mol. The molecule has 47 heavy (non-hydrogen) atoms. The van der Waals surface area contributed by atoms with Gasteiger partial charge in [-0.2, -0.15) is 0 Å². The highest BCUT2D eigenvalue weighted by molar-refractivity contribution is 6.06. The number of hydrogen-bond acceptors (Lipinski definition) is 10. The number of alkyl carbamates (subject to hydrolysis) is 1. The van der Waals surface area contributed by atoms with Gasteiger partial charge in [0.15, 0.2) is 11.5 Å². The summed E-state index contributed by atoms with van der Waals surface area (Å²) in [7, 11) is 0. The molecule has 0 bridgehead atoms. The summed E-state index contributed by atoms with van der Waals surface area (Å²) in [6.07, 6.45) is 6.42. The Morgan fingerprint density at radius 1 is 1.02 bits per heavy atom. The predicted octanol–water partition coefficient (Wildman–Crippen LogP) is 5.24. The molecular formula is C33H38N8O6. The summed E-state index contributed by atoms with van der Waals surface area (Å²) in [5.74, 6) is 2.47. The molecule has 1 aliphatic heterocycles. The minimum atomic E-state index is -0.751. The Bertz CT molecular complexity index is 1840. The molecule has 0 aromatic carbocycles. The number of amides is 3. The van der Waals surface area contributed by atoms with Crippen molar-refractivity contribution >= 4 is 34.9 Å². The Labute approximate surface area is 272 Å². The molecule has 1 fully saturated rings. The number of rotatable bonds is 5. The third-order valence-corrected chi connectivity index (χ3v) is 7.19. The number of benzene rings is 1. The van der Waals surface area contributed by atoms with Crippen molar-refractivity contribution in [2.45, 2.75) is 78.7 Å². The molecule has 2 N–H and O–H groups in total. The molecule has 3 aliphatic rings. The lowest BCUT2D eigenvalue weighted by Gasteiger charge is -2.22. The fourth-order valence-electron chi connectivity index (χ4n) is 5.08. The van der Waals surface area contributed by atoms with Gasteiger partial charge < -0.3 is 24.3 Å². The number of hydrogen-bond donors (Lipinski definition) is 2. The number of likely N-dealkylation sites (tertiary alicyclic amines) is 1. The van der Waals surface area contributed by atoms with Crippen LogP contribution in [-0.2, 0) is 16.0 Å². The molecule has 4 heterocycles. The number of aryl methyl sites for hydroxylation is 1. The number of ether oxygens (including phenoxy) is 2. The van der Waals surface area contributed by atoms with Crippen LogP contribution in [0.2, 0.25) is 0 Å². The van der Waals surface area contributed by atoms with Crippen LogP contribution in [0.1, 0.15) is 70.9 Å². The molecule has 1 saturated heterocycles. The van der Waals surface area contributed by atoms with E-state index in [1.807, 2.05) is 6.92 Å². The molecule has 0 spiro atoms. The number of carbonyl (C=O) groups is 3. The summed E-state index contributed by atoms with van der Waals surface area (Å²) in [5, 5.41) is 13.1. The van der Waals surface area contributed by atoms with E-state index in [-0.39, 0.29) is 40.5 Å². The maximum absolute atomic E-state index is 13.8. The summed E-state index contributed by atoms with van der Waals surface area (Å²) in [4.78, 5) is 49.0. The van der Waals surface area contributed by atoms with E-state index in [4.69, 9.17) is 20.5 Å². The highest BCUT2D eigenvalue weighted by atomic mass is 16.6. The van der Waals surface area contributed by atoms with Crippen LogP contribution in [0, 0.1) is 12.3 Å². The number of carbonyl (C=O) groups excluding carboxylic acids is 3. The molecule has 0 saturated carbocycles. The van der Waals surface area contributed by atoms with Crippen molar-refractivity contribution in [3.63, 3.8) is 0 Å². The fourth-order valence-corrected chi connectivity index (χ4v) is 5.08. The van der Waals surface area contributed by atoms with Crippen LogP contribution in [0.25, 0.3) is 33.7 Å². The van der Waals surface area contributed by atoms with E-state index in [1.54, 1.807) is 51.0 Å². The van der Waals surface area contributed by atoms with E-state index >= 15 is 0 Å². The van der Waals surface area contributed by atoms with Crippen molar-refractivity contribution in [2.75, 3.05) is 18.4 Å². The zero-order chi connectivity index (χ0) is 34.1. The maximum Gasteiger partial charge on any atom is 0.413 e. The van der Waals surface area contributed by atoms with Crippen molar-refractivity contribution in [1.82, 2.24) is 35.1 Å². The van der Waals surface area contributed by atoms with Crippen LogP contribution >= 0.6 is 0 Å². The minimum absolute atomic E-state index is 0.0112. The van der Waals surface area contributed by atoms with Crippen LogP contribution < -0.4 is 10.6 Å². The summed E-state index contributed by atoms with van der Waals surface area (Å²) in [6, 6.07) is 8.21. The zero-order valence-electron chi connectivity index (χ0n) is 27.5. The quantitative estimate of drug-likeness (QED) is 0.242. The predicted molar refractivity (Wildman–Crippen MR) is 173 cm³/mol. The van der Waals surface area contributed by atoms with E-state index < -0.39 is 23.4 Å². The van der Waals surface area contributed by atoms with Gasteiger partial charge in [-0.25, -0.2) is 24.2 Å². The zero-order valence-corrected chi connectivity index (χ0v) is 27.5. The Morgan fingerprint density at radius 2 is 1.66 bits per heavy atom. The van der Waals surface area contributed by atoms with Crippen molar-refractivity contribution in [3.8, 4) is 35.0 Å². The lowest BCUT2D eigenvalue weighted by Crippen LogP contribution is -2.41. The van der Waals surface area contributed by atoms with Crippen molar-refractivity contribution in [2.24, 2.45) is 0 Å². The van der Waals surface area contributed by atoms with Gasteiger partial charge in [0.05, 0.1) is 17.1 Å². The summed E-state index contributed by atoms with van der Waals surface area (Å²) >= 11 is 0. The topological polar surface area (TPSA) is 167 Å². The van der Waals surface area contributed by atoms with Gasteiger partial charge in [-0.15, -0.1) is 6.42 Å². The van der Waals surface area contributed by atoms with Crippen molar-refractivity contribution in [3.05, 3.63) is 41.7 Å². The SMILES string of the molecule is C#Cc1ncc(C(=O)N2CCC(NC(=O)OC(C)(C)C)C2)c2c1nc(-c1nonc1NC(=O)OC(C)(C)C)n2CC.c1cc2ccc1-2. The standard InChI is InChI=1S/C27H34N8O6.C6H4/c1-9-17-18-20(16(13-28-17)23(36)34-12-11-15(14-34)29-24(37)39-26(3,4)5)35(10-2)22(30-18)19-21(33-41-32-19)31-25(38)40-27(6,7)8;1-2-6-4-3-5(1)6/h1,13,15H,10-12,14H2,2-8H3,(H,29,37)(H,31,33,38);1-4H. The minimum Gasteiger partial charge on any atom is -0.444 e. The molecule has 0 radical (unpaired) electrons. The smallest absolute Gasteiger partial charge is 0.413 e. The van der Waals surface area contributed by atoms with E-state index in [0.29, 0.717) is 37.1 Å². The van der Waals surface area contributed by atoms with Gasteiger partial charge in [-0.3, -0.25) is 10.1 Å². The largest absolute Gasteiger partial charge is 0.444 e. The molecule has 14 heteroatoms. The first kappa shape index (κ1) is 32.9. The van der Waals surface area contributed by atoms with Crippen molar-refractivity contribution < 1.29 is 28.5 Å². The molecule has 2 aliphatic carbocycles. The maximum atomic E-state index is 13.8. The first-order valence-corrected chi connectivity index (χ1v) is 15.3. The molecule has 3 amide bonds. The first-order valence-electron chi connectivity index (χ1n) is 15.3. The Hall–Kier alpha value is -5.45. The van der Waals surface area contributed by atoms with Crippen LogP contribution in [-0.4, -0.2) is 78.2 Å². The van der Waals surface area contributed by atoms with Gasteiger partial charge in [0.1, 0.15) is 22.4 Å². The van der Waals surface area contributed by atoms with Crippen LogP contribution in [0.3, 0.4) is 0 Å². The highest BCUT2D eigenvalue weighted by Gasteiger charge is 2.33. The number of anilines is 1. The molecule has 1 unspecified atom stereocenters. The number of terminal acetylenes is 1. The van der Waals surface area contributed by atoms with Crippen LogP contribution in [0.5, 0.6) is 0 Å². The second-order valence-corrected chi connectivity index (χ2v) is 13.1.